The van der Waals surface area contributed by atoms with Gasteiger partial charge in [0, 0.05) is 24.5 Å². The van der Waals surface area contributed by atoms with Crippen LogP contribution in [0, 0.1) is 5.82 Å². The lowest BCUT2D eigenvalue weighted by molar-refractivity contribution is -0.116. The van der Waals surface area contributed by atoms with Gasteiger partial charge in [0.1, 0.15) is 11.4 Å². The third-order valence-corrected chi connectivity index (χ3v) is 4.82. The fourth-order valence-corrected chi connectivity index (χ4v) is 3.41. The third kappa shape index (κ3) is 6.06. The highest BCUT2D eigenvalue weighted by molar-refractivity contribution is 9.10. The first-order valence-corrected chi connectivity index (χ1v) is 9.77. The molecule has 148 valence electrons. The monoisotopic (exact) mass is 440 g/mol. The third-order valence-electron chi connectivity index (χ3n) is 4.15. The van der Waals surface area contributed by atoms with Crippen molar-refractivity contribution in [2.24, 2.45) is 0 Å². The molecule has 2 amide bonds. The topological polar surface area (TPSA) is 49.9 Å². The molecule has 1 heterocycles. The van der Waals surface area contributed by atoms with E-state index in [2.05, 4.69) is 15.9 Å². The molecule has 0 saturated carbocycles. The second-order valence-corrected chi connectivity index (χ2v) is 8.39. The zero-order valence-corrected chi connectivity index (χ0v) is 17.8. The Morgan fingerprint density at radius 2 is 2.11 bits per heavy atom. The van der Waals surface area contributed by atoms with Crippen LogP contribution in [0.2, 0.25) is 0 Å². The lowest BCUT2D eigenvalue weighted by atomic mass is 10.2. The summed E-state index contributed by atoms with van der Waals surface area (Å²) in [7, 11) is 0. The first-order chi connectivity index (χ1) is 12.6. The van der Waals surface area contributed by atoms with Gasteiger partial charge in [0.05, 0.1) is 11.7 Å². The lowest BCUT2D eigenvalue weighted by Gasteiger charge is -2.27. The Morgan fingerprint density at radius 1 is 1.41 bits per heavy atom. The van der Waals surface area contributed by atoms with E-state index in [0.29, 0.717) is 16.7 Å². The molecule has 0 aliphatic carbocycles. The van der Waals surface area contributed by atoms with E-state index in [-0.39, 0.29) is 24.6 Å². The normalized spacial score (nSPS) is 17.4. The van der Waals surface area contributed by atoms with Crippen LogP contribution in [0.3, 0.4) is 0 Å². The smallest absolute Gasteiger partial charge is 0.410 e. The number of hydrogen-bond donors (Lipinski definition) is 0. The number of carbonyl (C=O) groups is 2. The largest absolute Gasteiger partial charge is 0.444 e. The lowest BCUT2D eigenvalue weighted by Crippen LogP contribution is -2.39. The van der Waals surface area contributed by atoms with Gasteiger partial charge in [-0.05, 0) is 67.7 Å². The molecule has 1 aliphatic heterocycles. The molecule has 1 aromatic rings. The molecule has 0 bridgehead atoms. The van der Waals surface area contributed by atoms with Gasteiger partial charge in [-0.1, -0.05) is 12.2 Å². The Balaban J connectivity index is 2.08. The molecule has 1 saturated heterocycles. The van der Waals surface area contributed by atoms with E-state index in [1.54, 1.807) is 11.0 Å². The van der Waals surface area contributed by atoms with Crippen LogP contribution >= 0.6 is 15.9 Å². The van der Waals surface area contributed by atoms with Crippen LogP contribution in [-0.4, -0.2) is 41.6 Å². The maximum atomic E-state index is 13.6. The first-order valence-electron chi connectivity index (χ1n) is 8.98. The molecule has 0 spiro atoms. The molecule has 0 aromatic heterocycles. The second-order valence-electron chi connectivity index (χ2n) is 7.54. The van der Waals surface area contributed by atoms with Crippen molar-refractivity contribution >= 4 is 33.6 Å². The van der Waals surface area contributed by atoms with E-state index in [0.717, 1.165) is 12.8 Å². The number of nitrogens with zero attached hydrogens (tertiary/aromatic N) is 2. The van der Waals surface area contributed by atoms with E-state index in [1.807, 2.05) is 32.9 Å². The standard InChI is InChI=1S/C20H26BrFN2O3/c1-14(25)23(18-13-15(22)9-10-17(18)21)11-5-7-16-8-6-12-24(16)19(26)27-20(2,3)4/h5,7,9-10,13,16H,6,8,11-12H2,1-4H3/b7-5+/t16-/m1/s1. The molecule has 0 radical (unpaired) electrons. The van der Waals surface area contributed by atoms with Crippen LogP contribution in [0.5, 0.6) is 0 Å². The van der Waals surface area contributed by atoms with Crippen molar-refractivity contribution in [1.29, 1.82) is 0 Å². The highest BCUT2D eigenvalue weighted by Crippen LogP contribution is 2.27. The summed E-state index contributed by atoms with van der Waals surface area (Å²) in [4.78, 5) is 27.6. The number of ether oxygens (including phenoxy) is 1. The Bertz CT molecular complexity index is 730. The number of rotatable bonds is 4. The molecule has 0 unspecified atom stereocenters. The summed E-state index contributed by atoms with van der Waals surface area (Å²) in [6.07, 6.45) is 5.18. The van der Waals surface area contributed by atoms with E-state index < -0.39 is 11.4 Å². The van der Waals surface area contributed by atoms with E-state index >= 15 is 0 Å². The average Bonchev–Trinajstić information content (AvgIpc) is 3.01. The summed E-state index contributed by atoms with van der Waals surface area (Å²) in [5, 5.41) is 0. The Kier molecular flexibility index (Phi) is 7.03. The van der Waals surface area contributed by atoms with E-state index in [4.69, 9.17) is 4.74 Å². The fourth-order valence-electron chi connectivity index (χ4n) is 2.95. The number of benzene rings is 1. The Labute approximate surface area is 168 Å². The van der Waals surface area contributed by atoms with Crippen molar-refractivity contribution < 1.29 is 18.7 Å². The Hall–Kier alpha value is -1.89. The summed E-state index contributed by atoms with van der Waals surface area (Å²) >= 11 is 3.36. The van der Waals surface area contributed by atoms with Gasteiger partial charge in [0.15, 0.2) is 0 Å². The summed E-state index contributed by atoms with van der Waals surface area (Å²) in [6.45, 7) is 7.90. The molecule has 1 fully saturated rings. The predicted molar refractivity (Wildman–Crippen MR) is 107 cm³/mol. The minimum absolute atomic E-state index is 0.0652. The molecule has 27 heavy (non-hydrogen) atoms. The minimum atomic E-state index is -0.539. The summed E-state index contributed by atoms with van der Waals surface area (Å²) in [6, 6.07) is 4.16. The number of carbonyl (C=O) groups excluding carboxylic acids is 2. The van der Waals surface area contributed by atoms with Crippen molar-refractivity contribution in [2.75, 3.05) is 18.0 Å². The quantitative estimate of drug-likeness (QED) is 0.625. The number of anilines is 1. The minimum Gasteiger partial charge on any atom is -0.444 e. The highest BCUT2D eigenvalue weighted by atomic mass is 79.9. The van der Waals surface area contributed by atoms with E-state index in [9.17, 15) is 14.0 Å². The highest BCUT2D eigenvalue weighted by Gasteiger charge is 2.30. The number of halogens is 2. The van der Waals surface area contributed by atoms with Crippen LogP contribution in [0.4, 0.5) is 14.9 Å². The van der Waals surface area contributed by atoms with Crippen molar-refractivity contribution in [2.45, 2.75) is 52.2 Å². The molecule has 0 N–H and O–H groups in total. The average molecular weight is 441 g/mol. The second kappa shape index (κ2) is 8.87. The summed E-state index contributed by atoms with van der Waals surface area (Å²) < 4.78 is 19.7. The predicted octanol–water partition coefficient (Wildman–Crippen LogP) is 4.90. The molecule has 7 heteroatoms. The van der Waals surface area contributed by atoms with Gasteiger partial charge in [0.2, 0.25) is 5.91 Å². The molecular formula is C20H26BrFN2O3. The number of likely N-dealkylation sites (tertiary alicyclic amines) is 1. The molecule has 1 aliphatic rings. The maximum Gasteiger partial charge on any atom is 0.410 e. The van der Waals surface area contributed by atoms with Crippen LogP contribution in [-0.2, 0) is 9.53 Å². The fraction of sp³-hybridized carbons (Fsp3) is 0.500. The zero-order chi connectivity index (χ0) is 20.2. The van der Waals surface area contributed by atoms with Gasteiger partial charge in [-0.3, -0.25) is 4.79 Å². The molecule has 1 aromatic carbocycles. The van der Waals surface area contributed by atoms with Crippen LogP contribution in [0.15, 0.2) is 34.8 Å². The maximum absolute atomic E-state index is 13.6. The van der Waals surface area contributed by atoms with Gasteiger partial charge < -0.3 is 14.5 Å². The zero-order valence-electron chi connectivity index (χ0n) is 16.2. The molecular weight excluding hydrogens is 415 g/mol. The SMILES string of the molecule is CC(=O)N(C/C=C/[C@@H]1CCCN1C(=O)OC(C)(C)C)c1cc(F)ccc1Br. The Morgan fingerprint density at radius 3 is 2.74 bits per heavy atom. The van der Waals surface area contributed by atoms with Crippen molar-refractivity contribution in [3.05, 3.63) is 40.6 Å². The van der Waals surface area contributed by atoms with Crippen LogP contribution in [0.1, 0.15) is 40.5 Å². The van der Waals surface area contributed by atoms with Crippen molar-refractivity contribution in [1.82, 2.24) is 4.90 Å². The summed E-state index contributed by atoms with van der Waals surface area (Å²) in [5.74, 6) is -0.600. The van der Waals surface area contributed by atoms with Crippen LogP contribution < -0.4 is 4.90 Å². The van der Waals surface area contributed by atoms with Gasteiger partial charge in [-0.25, -0.2) is 9.18 Å². The van der Waals surface area contributed by atoms with Gasteiger partial charge in [0.25, 0.3) is 0 Å². The van der Waals surface area contributed by atoms with Crippen LogP contribution in [0.25, 0.3) is 0 Å². The summed E-state index contributed by atoms with van der Waals surface area (Å²) in [5.41, 5.74) is -0.0641. The first kappa shape index (κ1) is 21.4. The molecule has 1 atom stereocenters. The molecule has 5 nitrogen and oxygen atoms in total. The molecule has 2 rings (SSSR count). The van der Waals surface area contributed by atoms with Gasteiger partial charge >= 0.3 is 6.09 Å². The van der Waals surface area contributed by atoms with Crippen molar-refractivity contribution in [3.8, 4) is 0 Å². The van der Waals surface area contributed by atoms with Crippen molar-refractivity contribution in [3.63, 3.8) is 0 Å². The van der Waals surface area contributed by atoms with E-state index in [1.165, 1.54) is 24.0 Å². The van der Waals surface area contributed by atoms with Gasteiger partial charge in [-0.15, -0.1) is 0 Å². The number of amides is 2. The van der Waals surface area contributed by atoms with Gasteiger partial charge in [-0.2, -0.15) is 0 Å². The number of hydrogen-bond acceptors (Lipinski definition) is 3.